The first-order valence-electron chi connectivity index (χ1n) is 5.95. The minimum Gasteiger partial charge on any atom is -0.453 e. The summed E-state index contributed by atoms with van der Waals surface area (Å²) >= 11 is 0. The van der Waals surface area contributed by atoms with E-state index in [1.807, 2.05) is 45.2 Å². The van der Waals surface area contributed by atoms with Crippen molar-refractivity contribution in [2.24, 2.45) is 7.05 Å². The normalized spacial score (nSPS) is 12.5. The minimum atomic E-state index is -0.457. The molecule has 0 fully saturated rings. The maximum absolute atomic E-state index is 9.44. The fraction of sp³-hybridized carbons (Fsp3) is 0.357. The van der Waals surface area contributed by atoms with Crippen molar-refractivity contribution in [3.8, 4) is 11.5 Å². The number of hydrogen-bond acceptors (Lipinski definition) is 3. The van der Waals surface area contributed by atoms with Crippen molar-refractivity contribution in [3.05, 3.63) is 41.2 Å². The largest absolute Gasteiger partial charge is 0.453 e. The second kappa shape index (κ2) is 4.82. The summed E-state index contributed by atoms with van der Waals surface area (Å²) in [6, 6.07) is 7.43. The Hall–Kier alpha value is -1.81. The molecule has 0 saturated heterocycles. The van der Waals surface area contributed by atoms with Crippen LogP contribution in [0.4, 0.5) is 0 Å². The monoisotopic (exact) mass is 246 g/mol. The van der Waals surface area contributed by atoms with Crippen LogP contribution < -0.4 is 4.74 Å². The highest BCUT2D eigenvalue weighted by molar-refractivity contribution is 5.38. The van der Waals surface area contributed by atoms with Crippen LogP contribution in [0.5, 0.6) is 11.5 Å². The van der Waals surface area contributed by atoms with Crippen molar-refractivity contribution in [2.75, 3.05) is 0 Å². The van der Waals surface area contributed by atoms with Gasteiger partial charge in [0.15, 0.2) is 5.75 Å². The SMILES string of the molecule is Cc1nn(C)c(C)c1Oc1ccc(C(C)O)cc1. The molecule has 1 aromatic carbocycles. The van der Waals surface area contributed by atoms with Gasteiger partial charge in [-0.1, -0.05) is 12.1 Å². The van der Waals surface area contributed by atoms with Gasteiger partial charge in [-0.3, -0.25) is 4.68 Å². The summed E-state index contributed by atoms with van der Waals surface area (Å²) < 4.78 is 7.63. The molecule has 96 valence electrons. The number of aromatic nitrogens is 2. The number of rotatable bonds is 3. The molecule has 1 unspecified atom stereocenters. The Morgan fingerprint density at radius 2 is 1.83 bits per heavy atom. The summed E-state index contributed by atoms with van der Waals surface area (Å²) in [6.07, 6.45) is -0.457. The highest BCUT2D eigenvalue weighted by Crippen LogP contribution is 2.28. The van der Waals surface area contributed by atoms with E-state index in [2.05, 4.69) is 5.10 Å². The summed E-state index contributed by atoms with van der Waals surface area (Å²) in [5, 5.41) is 13.7. The lowest BCUT2D eigenvalue weighted by Crippen LogP contribution is -1.93. The molecule has 0 aliphatic rings. The van der Waals surface area contributed by atoms with Gasteiger partial charge in [0.05, 0.1) is 11.8 Å². The number of aryl methyl sites for hydroxylation is 2. The number of ether oxygens (including phenoxy) is 1. The van der Waals surface area contributed by atoms with Gasteiger partial charge in [-0.05, 0) is 38.5 Å². The molecular formula is C14H18N2O2. The molecule has 2 aromatic rings. The number of aliphatic hydroxyl groups is 1. The molecule has 0 aliphatic heterocycles. The van der Waals surface area contributed by atoms with Crippen molar-refractivity contribution in [1.29, 1.82) is 0 Å². The fourth-order valence-electron chi connectivity index (χ4n) is 1.83. The predicted molar refractivity (Wildman–Crippen MR) is 69.8 cm³/mol. The Morgan fingerprint density at radius 3 is 2.28 bits per heavy atom. The third-order valence-electron chi connectivity index (χ3n) is 3.03. The molecule has 0 bridgehead atoms. The Balaban J connectivity index is 2.23. The van der Waals surface area contributed by atoms with Crippen LogP contribution in [0.1, 0.15) is 30.0 Å². The summed E-state index contributed by atoms with van der Waals surface area (Å²) in [4.78, 5) is 0. The van der Waals surface area contributed by atoms with Crippen molar-refractivity contribution in [2.45, 2.75) is 26.9 Å². The summed E-state index contributed by atoms with van der Waals surface area (Å²) in [6.45, 7) is 5.64. The van der Waals surface area contributed by atoms with Gasteiger partial charge < -0.3 is 9.84 Å². The second-order valence-corrected chi connectivity index (χ2v) is 4.47. The van der Waals surface area contributed by atoms with Gasteiger partial charge in [-0.25, -0.2) is 0 Å². The van der Waals surface area contributed by atoms with Gasteiger partial charge in [0, 0.05) is 7.05 Å². The van der Waals surface area contributed by atoms with Crippen LogP contribution in [0.25, 0.3) is 0 Å². The van der Waals surface area contributed by atoms with Gasteiger partial charge in [0.25, 0.3) is 0 Å². The van der Waals surface area contributed by atoms with Gasteiger partial charge in [0.2, 0.25) is 0 Å². The maximum Gasteiger partial charge on any atom is 0.171 e. The first kappa shape index (κ1) is 12.6. The molecule has 4 heteroatoms. The Bertz CT molecular complexity index is 542. The smallest absolute Gasteiger partial charge is 0.171 e. The van der Waals surface area contributed by atoms with Crippen molar-refractivity contribution in [3.63, 3.8) is 0 Å². The van der Waals surface area contributed by atoms with Gasteiger partial charge in [-0.2, -0.15) is 5.10 Å². The van der Waals surface area contributed by atoms with Crippen molar-refractivity contribution >= 4 is 0 Å². The third kappa shape index (κ3) is 2.38. The van der Waals surface area contributed by atoms with E-state index in [1.165, 1.54) is 0 Å². The quantitative estimate of drug-likeness (QED) is 0.905. The summed E-state index contributed by atoms with van der Waals surface area (Å²) in [7, 11) is 1.89. The Morgan fingerprint density at radius 1 is 1.22 bits per heavy atom. The van der Waals surface area contributed by atoms with Crippen molar-refractivity contribution in [1.82, 2.24) is 9.78 Å². The van der Waals surface area contributed by atoms with E-state index in [0.29, 0.717) is 0 Å². The molecular weight excluding hydrogens is 228 g/mol. The molecule has 18 heavy (non-hydrogen) atoms. The number of benzene rings is 1. The van der Waals surface area contributed by atoms with Gasteiger partial charge in [0.1, 0.15) is 11.4 Å². The molecule has 1 heterocycles. The van der Waals surface area contributed by atoms with Crippen LogP contribution in [0.3, 0.4) is 0 Å². The molecule has 0 radical (unpaired) electrons. The van der Waals surface area contributed by atoms with E-state index < -0.39 is 6.10 Å². The molecule has 1 aromatic heterocycles. The molecule has 1 atom stereocenters. The topological polar surface area (TPSA) is 47.3 Å². The zero-order valence-electron chi connectivity index (χ0n) is 11.1. The average molecular weight is 246 g/mol. The van der Waals surface area contributed by atoms with Crippen LogP contribution in [-0.2, 0) is 7.05 Å². The molecule has 1 N–H and O–H groups in total. The van der Waals surface area contributed by atoms with Crippen LogP contribution >= 0.6 is 0 Å². The first-order valence-corrected chi connectivity index (χ1v) is 5.95. The van der Waals surface area contributed by atoms with E-state index in [0.717, 1.165) is 28.5 Å². The number of hydrogen-bond donors (Lipinski definition) is 1. The molecule has 2 rings (SSSR count). The maximum atomic E-state index is 9.44. The van der Waals surface area contributed by atoms with Gasteiger partial charge in [-0.15, -0.1) is 0 Å². The third-order valence-corrected chi connectivity index (χ3v) is 3.03. The molecule has 0 aliphatic carbocycles. The molecule has 0 saturated carbocycles. The lowest BCUT2D eigenvalue weighted by molar-refractivity contribution is 0.199. The molecule has 0 amide bonds. The van der Waals surface area contributed by atoms with E-state index in [-0.39, 0.29) is 0 Å². The van der Waals surface area contributed by atoms with Gasteiger partial charge >= 0.3 is 0 Å². The Labute approximate surface area is 107 Å². The minimum absolute atomic E-state index is 0.457. The van der Waals surface area contributed by atoms with E-state index in [9.17, 15) is 5.11 Å². The van der Waals surface area contributed by atoms with Crippen LogP contribution in [0, 0.1) is 13.8 Å². The summed E-state index contributed by atoms with van der Waals surface area (Å²) in [5.74, 6) is 1.54. The van der Waals surface area contributed by atoms with Crippen LogP contribution in [0.15, 0.2) is 24.3 Å². The second-order valence-electron chi connectivity index (χ2n) is 4.47. The zero-order valence-corrected chi connectivity index (χ0v) is 11.1. The first-order chi connectivity index (χ1) is 8.49. The van der Waals surface area contributed by atoms with E-state index >= 15 is 0 Å². The lowest BCUT2D eigenvalue weighted by atomic mass is 10.1. The molecule has 4 nitrogen and oxygen atoms in total. The predicted octanol–water partition coefficient (Wildman–Crippen LogP) is 2.88. The fourth-order valence-corrected chi connectivity index (χ4v) is 1.83. The highest BCUT2D eigenvalue weighted by atomic mass is 16.5. The van der Waals surface area contributed by atoms with E-state index in [4.69, 9.17) is 4.74 Å². The lowest BCUT2D eigenvalue weighted by Gasteiger charge is -2.08. The van der Waals surface area contributed by atoms with Crippen LogP contribution in [0.2, 0.25) is 0 Å². The highest BCUT2D eigenvalue weighted by Gasteiger charge is 2.11. The molecule has 0 spiro atoms. The van der Waals surface area contributed by atoms with E-state index in [1.54, 1.807) is 11.6 Å². The standard InChI is InChI=1S/C14H18N2O2/c1-9-14(10(2)16(4)15-9)18-13-7-5-12(6-8-13)11(3)17/h5-8,11,17H,1-4H3. The average Bonchev–Trinajstić information content (AvgIpc) is 2.57. The summed E-state index contributed by atoms with van der Waals surface area (Å²) in [5.41, 5.74) is 2.74. The number of nitrogens with zero attached hydrogens (tertiary/aromatic N) is 2. The Kier molecular flexibility index (Phi) is 3.39. The number of aliphatic hydroxyl groups excluding tert-OH is 1. The van der Waals surface area contributed by atoms with Crippen molar-refractivity contribution < 1.29 is 9.84 Å². The zero-order chi connectivity index (χ0) is 13.3. The van der Waals surface area contributed by atoms with Crippen LogP contribution in [-0.4, -0.2) is 14.9 Å².